The van der Waals surface area contributed by atoms with Gasteiger partial charge in [-0.3, -0.25) is 18.7 Å². The summed E-state index contributed by atoms with van der Waals surface area (Å²) in [5.74, 6) is -0.605. The molecule has 1 fully saturated rings. The minimum atomic E-state index is -3.67. The zero-order valence-electron chi connectivity index (χ0n) is 22.7. The minimum absolute atomic E-state index is 0.0622. The summed E-state index contributed by atoms with van der Waals surface area (Å²) in [7, 11) is -0.600. The van der Waals surface area contributed by atoms with E-state index in [9.17, 15) is 22.8 Å². The monoisotopic (exact) mass is 632 g/mol. The van der Waals surface area contributed by atoms with E-state index in [4.69, 9.17) is 5.10 Å². The first-order chi connectivity index (χ1) is 19.0. The number of sulfonamides is 1. The molecule has 1 aromatic heterocycles. The van der Waals surface area contributed by atoms with Gasteiger partial charge in [-0.25, -0.2) is 13.1 Å². The van der Waals surface area contributed by atoms with E-state index in [0.717, 1.165) is 29.1 Å². The lowest BCUT2D eigenvalue weighted by Gasteiger charge is -2.25. The lowest BCUT2D eigenvalue weighted by atomic mass is 10.0. The van der Waals surface area contributed by atoms with E-state index >= 15 is 0 Å². The Labute approximate surface area is 241 Å². The number of carbonyl (C=O) groups excluding carboxylic acids is 3. The summed E-state index contributed by atoms with van der Waals surface area (Å²) in [5, 5.41) is 13.3. The number of fused-ring (bicyclic) bond motifs is 1. The second kappa shape index (κ2) is 12.4. The summed E-state index contributed by atoms with van der Waals surface area (Å²) in [5.41, 5.74) is 2.95. The average Bonchev–Trinajstić information content (AvgIpc) is 3.70. The fourth-order valence-corrected chi connectivity index (χ4v) is 5.78. The first-order valence-corrected chi connectivity index (χ1v) is 15.7. The van der Waals surface area contributed by atoms with Crippen LogP contribution < -0.4 is 20.3 Å². The third kappa shape index (κ3) is 6.81. The third-order valence-corrected chi connectivity index (χ3v) is 8.45. The molecule has 40 heavy (non-hydrogen) atoms. The van der Waals surface area contributed by atoms with Gasteiger partial charge in [0.1, 0.15) is 5.69 Å². The Morgan fingerprint density at radius 2 is 1.73 bits per heavy atom. The Kier molecular flexibility index (Phi) is 9.14. The van der Waals surface area contributed by atoms with Crippen molar-refractivity contribution in [1.29, 1.82) is 0 Å². The molecule has 0 bridgehead atoms. The van der Waals surface area contributed by atoms with Crippen LogP contribution in [0.1, 0.15) is 54.1 Å². The van der Waals surface area contributed by atoms with Crippen molar-refractivity contribution in [1.82, 2.24) is 25.7 Å². The first kappa shape index (κ1) is 29.5. The summed E-state index contributed by atoms with van der Waals surface area (Å²) in [4.78, 5) is 36.4. The van der Waals surface area contributed by atoms with Gasteiger partial charge in [0.15, 0.2) is 0 Å². The number of aromatic nitrogens is 2. The largest absolute Gasteiger partial charge is 0.359 e. The van der Waals surface area contributed by atoms with Gasteiger partial charge in [-0.2, -0.15) is 5.10 Å². The fourth-order valence-electron chi connectivity index (χ4n) is 4.54. The molecule has 1 aliphatic rings. The zero-order valence-corrected chi connectivity index (χ0v) is 25.1. The summed E-state index contributed by atoms with van der Waals surface area (Å²) in [6.45, 7) is 0.411. The highest BCUT2D eigenvalue weighted by Crippen LogP contribution is 2.46. The molecule has 3 N–H and O–H groups in total. The molecule has 1 aliphatic carbocycles. The summed E-state index contributed by atoms with van der Waals surface area (Å²) >= 11 is 3.43. The SMILES string of the molecule is CNC(=O)CCC(=O)NCCCN(c1cc2nn(-c3ccc(Br)cc3)c(C(=O)NC)c2cc1C1CC1)S(C)(=O)=O. The predicted octanol–water partition coefficient (Wildman–Crippen LogP) is 2.82. The van der Waals surface area contributed by atoms with Crippen LogP contribution >= 0.6 is 15.9 Å². The molecule has 4 rings (SSSR count). The number of amides is 3. The van der Waals surface area contributed by atoms with Crippen LogP contribution in [0.25, 0.3) is 16.6 Å². The molecule has 2 aromatic carbocycles. The number of halogens is 1. The summed E-state index contributed by atoms with van der Waals surface area (Å²) in [6, 6.07) is 11.0. The van der Waals surface area contributed by atoms with Crippen LogP contribution in [-0.4, -0.2) is 69.4 Å². The average molecular weight is 634 g/mol. The number of hydrogen-bond acceptors (Lipinski definition) is 6. The van der Waals surface area contributed by atoms with Gasteiger partial charge < -0.3 is 16.0 Å². The Balaban J connectivity index is 1.67. The highest BCUT2D eigenvalue weighted by atomic mass is 79.9. The third-order valence-electron chi connectivity index (χ3n) is 6.74. The van der Waals surface area contributed by atoms with Crippen LogP contribution in [0.15, 0.2) is 40.9 Å². The van der Waals surface area contributed by atoms with E-state index in [2.05, 4.69) is 31.9 Å². The zero-order chi connectivity index (χ0) is 29.0. The molecule has 3 aromatic rings. The van der Waals surface area contributed by atoms with Crippen LogP contribution in [-0.2, 0) is 19.6 Å². The molecule has 1 heterocycles. The van der Waals surface area contributed by atoms with Crippen molar-refractivity contribution >= 4 is 60.3 Å². The smallest absolute Gasteiger partial charge is 0.270 e. The van der Waals surface area contributed by atoms with Crippen LogP contribution in [0.5, 0.6) is 0 Å². The van der Waals surface area contributed by atoms with E-state index in [1.807, 2.05) is 30.3 Å². The molecule has 0 radical (unpaired) electrons. The van der Waals surface area contributed by atoms with Crippen LogP contribution in [0, 0.1) is 0 Å². The lowest BCUT2D eigenvalue weighted by Crippen LogP contribution is -2.34. The Hall–Kier alpha value is -3.45. The number of nitrogens with zero attached hydrogens (tertiary/aromatic N) is 3. The highest BCUT2D eigenvalue weighted by molar-refractivity contribution is 9.10. The van der Waals surface area contributed by atoms with Crippen LogP contribution in [0.3, 0.4) is 0 Å². The molecule has 0 saturated heterocycles. The normalized spacial score (nSPS) is 13.2. The van der Waals surface area contributed by atoms with Crippen molar-refractivity contribution in [2.75, 3.05) is 37.7 Å². The van der Waals surface area contributed by atoms with E-state index in [1.54, 1.807) is 17.8 Å². The number of nitrogens with one attached hydrogen (secondary N) is 3. The highest BCUT2D eigenvalue weighted by Gasteiger charge is 2.32. The quantitative estimate of drug-likeness (QED) is 0.262. The summed E-state index contributed by atoms with van der Waals surface area (Å²) < 4.78 is 29.8. The maximum atomic E-state index is 13.0. The minimum Gasteiger partial charge on any atom is -0.359 e. The fraction of sp³-hybridized carbons (Fsp3) is 0.407. The maximum absolute atomic E-state index is 13.0. The molecule has 214 valence electrons. The number of anilines is 1. The predicted molar refractivity (Wildman–Crippen MR) is 157 cm³/mol. The van der Waals surface area contributed by atoms with Gasteiger partial charge in [-0.1, -0.05) is 15.9 Å². The van der Waals surface area contributed by atoms with Crippen molar-refractivity contribution < 1.29 is 22.8 Å². The molecule has 0 spiro atoms. The summed E-state index contributed by atoms with van der Waals surface area (Å²) in [6.07, 6.45) is 3.53. The van der Waals surface area contributed by atoms with E-state index in [-0.39, 0.29) is 49.6 Å². The Morgan fingerprint density at radius 3 is 2.33 bits per heavy atom. The van der Waals surface area contributed by atoms with Gasteiger partial charge in [0.25, 0.3) is 5.91 Å². The van der Waals surface area contributed by atoms with Gasteiger partial charge >= 0.3 is 0 Å². The molecule has 11 nitrogen and oxygen atoms in total. The standard InChI is InChI=1S/C27H33BrN6O5S/c1-29-24(35)11-12-25(36)31-13-4-14-33(40(3,38)39)23-16-22-21(15-20(23)17-5-6-17)26(27(37)30-2)34(32-22)19-9-7-18(28)8-10-19/h7-10,15-17H,4-6,11-14H2,1-3H3,(H,29,35)(H,30,37)(H,31,36). The second-order valence-electron chi connectivity index (χ2n) is 9.73. The number of hydrogen-bond donors (Lipinski definition) is 3. The van der Waals surface area contributed by atoms with Gasteiger partial charge in [0, 0.05) is 49.9 Å². The van der Waals surface area contributed by atoms with Crippen LogP contribution in [0.2, 0.25) is 0 Å². The molecular weight excluding hydrogens is 600 g/mol. The topological polar surface area (TPSA) is 142 Å². The molecule has 0 atom stereocenters. The Bertz CT molecular complexity index is 1530. The molecule has 13 heteroatoms. The molecule has 0 unspecified atom stereocenters. The van der Waals surface area contributed by atoms with Crippen molar-refractivity contribution in [3.8, 4) is 5.69 Å². The van der Waals surface area contributed by atoms with Gasteiger partial charge in [-0.15, -0.1) is 0 Å². The number of carbonyl (C=O) groups is 3. The van der Waals surface area contributed by atoms with E-state index in [1.165, 1.54) is 11.4 Å². The molecular formula is C27H33BrN6O5S. The van der Waals surface area contributed by atoms with Crippen LogP contribution in [0.4, 0.5) is 5.69 Å². The number of benzene rings is 2. The van der Waals surface area contributed by atoms with Crippen molar-refractivity contribution in [3.63, 3.8) is 0 Å². The van der Waals surface area contributed by atoms with Gasteiger partial charge in [0.05, 0.1) is 23.1 Å². The second-order valence-corrected chi connectivity index (χ2v) is 12.6. The molecule has 3 amide bonds. The van der Waals surface area contributed by atoms with Gasteiger partial charge in [0.2, 0.25) is 21.8 Å². The number of rotatable bonds is 12. The lowest BCUT2D eigenvalue weighted by molar-refractivity contribution is -0.126. The van der Waals surface area contributed by atoms with Gasteiger partial charge in [-0.05, 0) is 67.1 Å². The molecule has 1 saturated carbocycles. The van der Waals surface area contributed by atoms with E-state index in [0.29, 0.717) is 34.4 Å². The maximum Gasteiger partial charge on any atom is 0.270 e. The van der Waals surface area contributed by atoms with Crippen molar-refractivity contribution in [2.24, 2.45) is 0 Å². The van der Waals surface area contributed by atoms with Crippen molar-refractivity contribution in [2.45, 2.75) is 38.0 Å². The van der Waals surface area contributed by atoms with Crippen molar-refractivity contribution in [3.05, 3.63) is 52.1 Å². The Morgan fingerprint density at radius 1 is 1.05 bits per heavy atom. The molecule has 0 aliphatic heterocycles. The van der Waals surface area contributed by atoms with E-state index < -0.39 is 10.0 Å². The first-order valence-electron chi connectivity index (χ1n) is 13.0.